The van der Waals surface area contributed by atoms with Crippen LogP contribution in [-0.4, -0.2) is 97.5 Å². The normalized spacial score (nSPS) is 9.40. The van der Waals surface area contributed by atoms with E-state index in [9.17, 15) is 29.4 Å². The number of hydrogen-bond acceptors (Lipinski definition) is 12. The van der Waals surface area contributed by atoms with E-state index in [2.05, 4.69) is 40.5 Å². The second-order valence-electron chi connectivity index (χ2n) is 11.6. The predicted octanol–water partition coefficient (Wildman–Crippen LogP) is -4.98. The molecule has 6 rings (SSSR count). The number of pyridine rings is 6. The Morgan fingerprint density at radius 2 is 0.556 bits per heavy atom. The quantitative estimate of drug-likeness (QED) is 0.0971. The number of aromatic nitrogens is 6. The Labute approximate surface area is 370 Å². The van der Waals surface area contributed by atoms with Crippen LogP contribution in [0.1, 0.15) is 59.8 Å². The first kappa shape index (κ1) is 65.1. The van der Waals surface area contributed by atoms with Gasteiger partial charge in [0.05, 0.1) is 34.2 Å². The number of carbonyl (C=O) groups excluding carboxylic acids is 4. The van der Waals surface area contributed by atoms with Crippen molar-refractivity contribution >= 4 is 23.8 Å². The molecule has 6 heterocycles. The molecular formula is C40H50CuN8O14. The molecule has 0 unspecified atom stereocenters. The van der Waals surface area contributed by atoms with Crippen LogP contribution in [-0.2, 0) is 47.3 Å². The maximum atomic E-state index is 12.6. The fourth-order valence-corrected chi connectivity index (χ4v) is 5.65. The summed E-state index contributed by atoms with van der Waals surface area (Å²) in [5, 5.41) is 27.3. The molecule has 22 nitrogen and oxygen atoms in total. The molecular weight excluding hydrogens is 880 g/mol. The molecule has 0 saturated heterocycles. The second kappa shape index (κ2) is 31.8. The van der Waals surface area contributed by atoms with E-state index >= 15 is 0 Å². The fourth-order valence-electron chi connectivity index (χ4n) is 5.65. The minimum absolute atomic E-state index is 0. The van der Waals surface area contributed by atoms with E-state index in [-0.39, 0.29) is 86.6 Å². The average Bonchev–Trinajstić information content (AvgIpc) is 3.22. The van der Waals surface area contributed by atoms with E-state index in [1.54, 1.807) is 146 Å². The van der Waals surface area contributed by atoms with E-state index in [0.29, 0.717) is 34.2 Å². The molecule has 18 N–H and O–H groups in total. The smallest absolute Gasteiger partial charge is 0.550 e. The summed E-state index contributed by atoms with van der Waals surface area (Å²) in [5.74, 6) is -3.52. The number of hydrogen-bond donors (Lipinski definition) is 2. The maximum absolute atomic E-state index is 12.6. The Kier molecular flexibility index (Phi) is 32.9. The third kappa shape index (κ3) is 16.4. The molecule has 0 bridgehead atoms. The van der Waals surface area contributed by atoms with Crippen molar-refractivity contribution in [3.63, 3.8) is 0 Å². The zero-order valence-corrected chi connectivity index (χ0v) is 34.1. The number of nitrogens with one attached hydrogen (secondary N) is 2. The van der Waals surface area contributed by atoms with Crippen LogP contribution in [0.15, 0.2) is 146 Å². The molecule has 1 radical (unpaired) electrons. The predicted molar refractivity (Wildman–Crippen MR) is 219 cm³/mol. The topological polar surface area (TPSA) is 468 Å². The Bertz CT molecular complexity index is 1790. The summed E-state index contributed by atoms with van der Waals surface area (Å²) < 4.78 is 0. The summed E-state index contributed by atoms with van der Waals surface area (Å²) >= 11 is 0. The summed E-state index contributed by atoms with van der Waals surface area (Å²) in [5.41, 5.74) is 0.592. The second-order valence-corrected chi connectivity index (χ2v) is 11.6. The molecule has 0 aliphatic rings. The van der Waals surface area contributed by atoms with E-state index in [1.807, 2.05) is 0 Å². The number of nitrogens with zero attached hydrogens (tertiary/aromatic N) is 6. The van der Waals surface area contributed by atoms with Crippen molar-refractivity contribution in [3.8, 4) is 0 Å². The molecule has 0 atom stereocenters. The summed E-state index contributed by atoms with van der Waals surface area (Å²) in [4.78, 5) is 73.3. The summed E-state index contributed by atoms with van der Waals surface area (Å²) in [6, 6.07) is 32.0. The third-order valence-electron chi connectivity index (χ3n) is 8.06. The molecule has 0 aliphatic carbocycles. The molecule has 6 aromatic heterocycles. The van der Waals surface area contributed by atoms with Crippen LogP contribution in [0.2, 0.25) is 0 Å². The number of rotatable bonds is 14. The monoisotopic (exact) mass is 929 g/mol. The van der Waals surface area contributed by atoms with Crippen molar-refractivity contribution in [2.24, 2.45) is 0 Å². The first-order valence-electron chi connectivity index (χ1n) is 16.8. The van der Waals surface area contributed by atoms with E-state index in [0.717, 1.165) is 0 Å². The van der Waals surface area contributed by atoms with E-state index in [4.69, 9.17) is 0 Å². The average molecular weight is 930 g/mol. The van der Waals surface area contributed by atoms with Gasteiger partial charge < -0.3 is 74.2 Å². The zero-order chi connectivity index (χ0) is 38.2. The maximum Gasteiger partial charge on any atom is 2.00 e. The van der Waals surface area contributed by atoms with Crippen LogP contribution in [0.5, 0.6) is 0 Å². The van der Waals surface area contributed by atoms with Crippen molar-refractivity contribution in [1.82, 2.24) is 40.5 Å². The molecule has 0 saturated carbocycles. The number of carboxylic acids is 2. The van der Waals surface area contributed by atoms with Gasteiger partial charge in [0.25, 0.3) is 0 Å². The summed E-state index contributed by atoms with van der Waals surface area (Å²) in [7, 11) is 0. The van der Waals surface area contributed by atoms with Gasteiger partial charge in [0.1, 0.15) is 0 Å². The Balaban J connectivity index is -0.000000311. The van der Waals surface area contributed by atoms with Gasteiger partial charge in [0.2, 0.25) is 11.8 Å². The molecule has 63 heavy (non-hydrogen) atoms. The van der Waals surface area contributed by atoms with Gasteiger partial charge in [0, 0.05) is 62.0 Å². The van der Waals surface area contributed by atoms with E-state index < -0.39 is 34.8 Å². The standard InChI is InChI=1S/2C20H18N4O3.Cu.8H2O/c2*25-18(10-11-19(26)27)24-20(15-7-1-4-12-21-15,16-8-2-5-13-22-16)17-9-3-6-14-23-17;;;;;;;;;/h2*1-9,12-14H,10-11H2,(H,24,25)(H,26,27);;8*1H2/q;;+2;;;;;;;;/p-2. The van der Waals surface area contributed by atoms with Gasteiger partial charge in [-0.25, -0.2) is 0 Å². The molecule has 0 aromatic carbocycles. The summed E-state index contributed by atoms with van der Waals surface area (Å²) in [6.07, 6.45) is 8.47. The van der Waals surface area contributed by atoms with Crippen molar-refractivity contribution in [1.29, 1.82) is 0 Å². The minimum Gasteiger partial charge on any atom is -0.550 e. The van der Waals surface area contributed by atoms with Crippen molar-refractivity contribution in [3.05, 3.63) is 181 Å². The molecule has 0 fully saturated rings. The van der Waals surface area contributed by atoms with Gasteiger partial charge in [-0.3, -0.25) is 39.5 Å². The van der Waals surface area contributed by atoms with Crippen LogP contribution in [0.25, 0.3) is 0 Å². The number of aliphatic carboxylic acids is 2. The number of carboxylic acid groups (broad SMARTS) is 2. The first-order chi connectivity index (χ1) is 26.3. The molecule has 23 heteroatoms. The van der Waals surface area contributed by atoms with E-state index in [1.165, 1.54) is 0 Å². The molecule has 6 aromatic rings. The van der Waals surface area contributed by atoms with Gasteiger partial charge in [-0.1, -0.05) is 36.4 Å². The van der Waals surface area contributed by atoms with Gasteiger partial charge >= 0.3 is 17.1 Å². The molecule has 0 spiro atoms. The van der Waals surface area contributed by atoms with Crippen LogP contribution in [0.4, 0.5) is 0 Å². The Morgan fingerprint density at radius 1 is 0.365 bits per heavy atom. The van der Waals surface area contributed by atoms with Crippen LogP contribution >= 0.6 is 0 Å². The van der Waals surface area contributed by atoms with Crippen molar-refractivity contribution < 1.29 is 90.3 Å². The Hall–Kier alpha value is -7.02. The van der Waals surface area contributed by atoms with Crippen LogP contribution in [0.3, 0.4) is 0 Å². The minimum atomic E-state index is -1.29. The zero-order valence-electron chi connectivity index (χ0n) is 33.1. The fraction of sp³-hybridized carbons (Fsp3) is 0.150. The molecule has 2 amide bonds. The van der Waals surface area contributed by atoms with Gasteiger partial charge in [-0.15, -0.1) is 0 Å². The largest absolute Gasteiger partial charge is 2.00 e. The summed E-state index contributed by atoms with van der Waals surface area (Å²) in [6.45, 7) is 0. The number of carbonyl (C=O) groups is 4. The van der Waals surface area contributed by atoms with Crippen LogP contribution in [0, 0.1) is 0 Å². The van der Waals surface area contributed by atoms with Crippen molar-refractivity contribution in [2.45, 2.75) is 36.8 Å². The van der Waals surface area contributed by atoms with Gasteiger partial charge in [-0.2, -0.15) is 0 Å². The third-order valence-corrected chi connectivity index (χ3v) is 8.06. The Morgan fingerprint density at radius 3 is 0.698 bits per heavy atom. The van der Waals surface area contributed by atoms with Crippen LogP contribution < -0.4 is 20.8 Å². The first-order valence-corrected chi connectivity index (χ1v) is 16.8. The van der Waals surface area contributed by atoms with Gasteiger partial charge in [0.15, 0.2) is 11.1 Å². The molecule has 345 valence electrons. The number of amides is 2. The van der Waals surface area contributed by atoms with Crippen molar-refractivity contribution in [2.75, 3.05) is 0 Å². The van der Waals surface area contributed by atoms with Gasteiger partial charge in [-0.05, 0) is 85.6 Å². The SMILES string of the molecule is O.O.O.O.O.O.O.O.O=C([O-])CCC(=O)NC(c1ccccn1)(c1ccccn1)c1ccccn1.O=C([O-])CCC(=O)NC(c1ccccn1)(c1ccccn1)c1ccccn1.[Cu+2]. The molecule has 0 aliphatic heterocycles.